The van der Waals surface area contributed by atoms with Crippen LogP contribution in [0.1, 0.15) is 25.7 Å². The standard InChI is InChI=1S/C13H16FN3/c1-8(2)12(15)13-16-7-11(17-13)9-4-3-5-10(14)6-9/h3-8,12H,15H2,1-2H3,(H,16,17). The van der Waals surface area contributed by atoms with Crippen molar-refractivity contribution >= 4 is 0 Å². The Kier molecular flexibility index (Phi) is 3.24. The number of nitrogens with two attached hydrogens (primary N) is 1. The van der Waals surface area contributed by atoms with E-state index in [1.54, 1.807) is 12.3 Å². The average molecular weight is 233 g/mol. The molecule has 2 rings (SSSR count). The van der Waals surface area contributed by atoms with Crippen LogP contribution in [-0.4, -0.2) is 9.97 Å². The van der Waals surface area contributed by atoms with Gasteiger partial charge >= 0.3 is 0 Å². The van der Waals surface area contributed by atoms with Crippen LogP contribution in [0.2, 0.25) is 0 Å². The third kappa shape index (κ3) is 2.53. The largest absolute Gasteiger partial charge is 0.341 e. The maximum Gasteiger partial charge on any atom is 0.123 e. The monoisotopic (exact) mass is 233 g/mol. The minimum Gasteiger partial charge on any atom is -0.341 e. The summed E-state index contributed by atoms with van der Waals surface area (Å²) in [6.45, 7) is 4.07. The van der Waals surface area contributed by atoms with Gasteiger partial charge in [0.15, 0.2) is 0 Å². The fourth-order valence-corrected chi connectivity index (χ4v) is 1.62. The zero-order valence-electron chi connectivity index (χ0n) is 9.94. The van der Waals surface area contributed by atoms with Crippen molar-refractivity contribution in [2.75, 3.05) is 0 Å². The molecule has 0 amide bonds. The van der Waals surface area contributed by atoms with E-state index in [0.717, 1.165) is 17.1 Å². The van der Waals surface area contributed by atoms with Gasteiger partial charge in [-0.25, -0.2) is 9.37 Å². The highest BCUT2D eigenvalue weighted by Crippen LogP contribution is 2.21. The van der Waals surface area contributed by atoms with Gasteiger partial charge in [0.05, 0.1) is 17.9 Å². The molecule has 2 aromatic rings. The van der Waals surface area contributed by atoms with Crippen molar-refractivity contribution in [3.63, 3.8) is 0 Å². The highest BCUT2D eigenvalue weighted by Gasteiger charge is 2.14. The number of aromatic amines is 1. The maximum atomic E-state index is 13.1. The molecule has 1 heterocycles. The van der Waals surface area contributed by atoms with Gasteiger partial charge in [-0.15, -0.1) is 0 Å². The van der Waals surface area contributed by atoms with Gasteiger partial charge < -0.3 is 10.7 Å². The molecule has 0 aliphatic heterocycles. The fourth-order valence-electron chi connectivity index (χ4n) is 1.62. The Morgan fingerprint density at radius 2 is 2.12 bits per heavy atom. The predicted octanol–water partition coefficient (Wildman–Crippen LogP) is 2.87. The van der Waals surface area contributed by atoms with E-state index >= 15 is 0 Å². The van der Waals surface area contributed by atoms with Crippen LogP contribution in [0.15, 0.2) is 30.5 Å². The zero-order valence-corrected chi connectivity index (χ0v) is 9.94. The molecule has 0 fully saturated rings. The van der Waals surface area contributed by atoms with Crippen LogP contribution in [0, 0.1) is 11.7 Å². The minimum atomic E-state index is -0.258. The molecule has 0 saturated heterocycles. The highest BCUT2D eigenvalue weighted by atomic mass is 19.1. The SMILES string of the molecule is CC(C)C(N)c1ncc(-c2cccc(F)c2)[nH]1. The molecule has 0 spiro atoms. The zero-order chi connectivity index (χ0) is 12.4. The van der Waals surface area contributed by atoms with E-state index in [0.29, 0.717) is 5.92 Å². The van der Waals surface area contributed by atoms with Crippen LogP contribution in [0.5, 0.6) is 0 Å². The van der Waals surface area contributed by atoms with E-state index in [-0.39, 0.29) is 11.9 Å². The smallest absolute Gasteiger partial charge is 0.123 e. The van der Waals surface area contributed by atoms with E-state index in [9.17, 15) is 4.39 Å². The lowest BCUT2D eigenvalue weighted by molar-refractivity contribution is 0.494. The van der Waals surface area contributed by atoms with Crippen LogP contribution in [0.3, 0.4) is 0 Å². The Morgan fingerprint density at radius 3 is 2.76 bits per heavy atom. The number of hydrogen-bond acceptors (Lipinski definition) is 2. The first-order valence-electron chi connectivity index (χ1n) is 5.64. The van der Waals surface area contributed by atoms with Gasteiger partial charge in [0.1, 0.15) is 11.6 Å². The predicted molar refractivity (Wildman–Crippen MR) is 65.7 cm³/mol. The van der Waals surface area contributed by atoms with Gasteiger partial charge in [0.25, 0.3) is 0 Å². The first-order valence-corrected chi connectivity index (χ1v) is 5.64. The van der Waals surface area contributed by atoms with E-state index in [2.05, 4.69) is 9.97 Å². The van der Waals surface area contributed by atoms with Gasteiger partial charge in [0, 0.05) is 5.56 Å². The Bertz CT molecular complexity index is 505. The lowest BCUT2D eigenvalue weighted by Crippen LogP contribution is -2.18. The van der Waals surface area contributed by atoms with Crippen LogP contribution < -0.4 is 5.73 Å². The summed E-state index contributed by atoms with van der Waals surface area (Å²) < 4.78 is 13.1. The van der Waals surface area contributed by atoms with Crippen LogP contribution in [0.25, 0.3) is 11.3 Å². The molecule has 1 aromatic carbocycles. The molecule has 90 valence electrons. The minimum absolute atomic E-state index is 0.127. The molecule has 0 radical (unpaired) electrons. The summed E-state index contributed by atoms with van der Waals surface area (Å²) in [5, 5.41) is 0. The number of nitrogens with one attached hydrogen (secondary N) is 1. The number of benzene rings is 1. The number of halogens is 1. The van der Waals surface area contributed by atoms with Crippen molar-refractivity contribution in [1.82, 2.24) is 9.97 Å². The first kappa shape index (κ1) is 11.8. The van der Waals surface area contributed by atoms with Crippen molar-refractivity contribution in [1.29, 1.82) is 0 Å². The molecule has 17 heavy (non-hydrogen) atoms. The second-order valence-electron chi connectivity index (χ2n) is 4.46. The molecule has 3 nitrogen and oxygen atoms in total. The summed E-state index contributed by atoms with van der Waals surface area (Å²) >= 11 is 0. The first-order chi connectivity index (χ1) is 8.08. The van der Waals surface area contributed by atoms with E-state index in [4.69, 9.17) is 5.73 Å². The van der Waals surface area contributed by atoms with E-state index < -0.39 is 0 Å². The second kappa shape index (κ2) is 4.67. The van der Waals surface area contributed by atoms with Gasteiger partial charge in [-0.1, -0.05) is 26.0 Å². The molecule has 0 saturated carbocycles. The molecule has 1 aromatic heterocycles. The van der Waals surface area contributed by atoms with Crippen molar-refractivity contribution in [3.8, 4) is 11.3 Å². The number of aromatic nitrogens is 2. The summed E-state index contributed by atoms with van der Waals surface area (Å²) in [6.07, 6.45) is 1.69. The molecule has 0 aliphatic carbocycles. The van der Waals surface area contributed by atoms with Crippen molar-refractivity contribution in [2.45, 2.75) is 19.9 Å². The lowest BCUT2D eigenvalue weighted by atomic mass is 10.1. The molecule has 3 N–H and O–H groups in total. The van der Waals surface area contributed by atoms with Gasteiger partial charge in [-0.2, -0.15) is 0 Å². The molecule has 0 bridgehead atoms. The van der Waals surface area contributed by atoms with Crippen LogP contribution in [-0.2, 0) is 0 Å². The Balaban J connectivity index is 2.30. The molecule has 1 atom stereocenters. The van der Waals surface area contributed by atoms with Gasteiger partial charge in [-0.05, 0) is 18.1 Å². The summed E-state index contributed by atoms with van der Waals surface area (Å²) in [7, 11) is 0. The molecule has 4 heteroatoms. The van der Waals surface area contributed by atoms with Gasteiger partial charge in [0.2, 0.25) is 0 Å². The Morgan fingerprint density at radius 1 is 1.35 bits per heavy atom. The van der Waals surface area contributed by atoms with Crippen molar-refractivity contribution in [2.24, 2.45) is 11.7 Å². The Hall–Kier alpha value is -1.68. The topological polar surface area (TPSA) is 54.7 Å². The van der Waals surface area contributed by atoms with Gasteiger partial charge in [-0.3, -0.25) is 0 Å². The summed E-state index contributed by atoms with van der Waals surface area (Å²) in [5.74, 6) is 0.785. The molecule has 0 aliphatic rings. The highest BCUT2D eigenvalue weighted by molar-refractivity contribution is 5.58. The normalized spacial score (nSPS) is 13.0. The quantitative estimate of drug-likeness (QED) is 0.856. The summed E-state index contributed by atoms with van der Waals surface area (Å²) in [4.78, 5) is 7.38. The molecular formula is C13H16FN3. The van der Waals surface area contributed by atoms with E-state index in [1.165, 1.54) is 12.1 Å². The fraction of sp³-hybridized carbons (Fsp3) is 0.308. The third-order valence-electron chi connectivity index (χ3n) is 2.77. The number of nitrogens with zero attached hydrogens (tertiary/aromatic N) is 1. The third-order valence-corrected chi connectivity index (χ3v) is 2.77. The average Bonchev–Trinajstić information content (AvgIpc) is 2.77. The molecule has 1 unspecified atom stereocenters. The summed E-state index contributed by atoms with van der Waals surface area (Å²) in [5.41, 5.74) is 7.56. The van der Waals surface area contributed by atoms with Crippen molar-refractivity contribution in [3.05, 3.63) is 42.1 Å². The molecular weight excluding hydrogens is 217 g/mol. The maximum absolute atomic E-state index is 13.1. The van der Waals surface area contributed by atoms with Crippen molar-refractivity contribution < 1.29 is 4.39 Å². The summed E-state index contributed by atoms with van der Waals surface area (Å²) in [6, 6.07) is 6.27. The second-order valence-corrected chi connectivity index (χ2v) is 4.46. The Labute approximate surface area is 99.9 Å². The number of imidazole rings is 1. The number of rotatable bonds is 3. The van der Waals surface area contributed by atoms with E-state index in [1.807, 2.05) is 19.9 Å². The van der Waals surface area contributed by atoms with Crippen LogP contribution >= 0.6 is 0 Å². The number of hydrogen-bond donors (Lipinski definition) is 2. The van der Waals surface area contributed by atoms with Crippen LogP contribution in [0.4, 0.5) is 4.39 Å². The lowest BCUT2D eigenvalue weighted by Gasteiger charge is -2.12. The number of H-pyrrole nitrogens is 1.